The molecule has 0 fully saturated rings. The van der Waals surface area contributed by atoms with Crippen molar-refractivity contribution in [3.05, 3.63) is 77.6 Å². The fourth-order valence-corrected chi connectivity index (χ4v) is 4.85. The van der Waals surface area contributed by atoms with Crippen molar-refractivity contribution in [3.63, 3.8) is 0 Å². The molecule has 0 amide bonds. The minimum Gasteiger partial charge on any atom is -0.383 e. The number of aryl methyl sites for hydroxylation is 1. The first-order chi connectivity index (χ1) is 17.0. The van der Waals surface area contributed by atoms with Gasteiger partial charge in [0.1, 0.15) is 16.7 Å². The predicted octanol–water partition coefficient (Wildman–Crippen LogP) is 6.40. The molecule has 8 heteroatoms. The van der Waals surface area contributed by atoms with E-state index >= 15 is 0 Å². The maximum absolute atomic E-state index is 4.96. The molecule has 5 heterocycles. The molecule has 0 aromatic carbocycles. The molecule has 5 aromatic rings. The molecule has 0 unspecified atom stereocenters. The summed E-state index contributed by atoms with van der Waals surface area (Å²) in [6, 6.07) is 10.4. The molecule has 0 saturated heterocycles. The number of fused-ring (bicyclic) bond motifs is 2. The minimum absolute atomic E-state index is 0.304. The van der Waals surface area contributed by atoms with Crippen LogP contribution in [0.4, 0.5) is 0 Å². The summed E-state index contributed by atoms with van der Waals surface area (Å²) in [7, 11) is 0. The highest BCUT2D eigenvalue weighted by atomic mass is 32.1. The number of H-pyrrole nitrogens is 2. The standard InChI is InChI=1S/C27H27N7S/c1-6-17(14-18(7-2)29-15(3)4)19-9-10-21-24(30-19)26(34-33-21)27-31-20-12-13-28-25(23(20)32-27)22-11-8-16(5)35-22/h6-15,29H,2H2,1,3-5H3,(H,31,32)(H,33,34)/b17-6+,18-14+. The fraction of sp³-hybridized carbons (Fsp3) is 0.185. The molecule has 0 atom stereocenters. The van der Waals surface area contributed by atoms with E-state index in [4.69, 9.17) is 9.97 Å². The topological polar surface area (TPSA) is 95.2 Å². The van der Waals surface area contributed by atoms with Crippen LogP contribution in [-0.2, 0) is 0 Å². The molecule has 0 spiro atoms. The van der Waals surface area contributed by atoms with Crippen molar-refractivity contribution in [2.24, 2.45) is 0 Å². The largest absolute Gasteiger partial charge is 0.383 e. The van der Waals surface area contributed by atoms with Crippen LogP contribution in [0.2, 0.25) is 0 Å². The first-order valence-corrected chi connectivity index (χ1v) is 12.3. The van der Waals surface area contributed by atoms with Crippen LogP contribution in [0.25, 0.3) is 49.7 Å². The van der Waals surface area contributed by atoms with Gasteiger partial charge in [0.15, 0.2) is 11.5 Å². The molecule has 0 aliphatic carbocycles. The quantitative estimate of drug-likeness (QED) is 0.234. The van der Waals surface area contributed by atoms with Gasteiger partial charge in [-0.25, -0.2) is 9.97 Å². The van der Waals surface area contributed by atoms with Crippen molar-refractivity contribution in [1.82, 2.24) is 35.5 Å². The predicted molar refractivity (Wildman–Crippen MR) is 145 cm³/mol. The Morgan fingerprint density at radius 2 is 1.89 bits per heavy atom. The van der Waals surface area contributed by atoms with Crippen molar-refractivity contribution >= 4 is 39.0 Å². The van der Waals surface area contributed by atoms with Gasteiger partial charge >= 0.3 is 0 Å². The van der Waals surface area contributed by atoms with Crippen LogP contribution in [0, 0.1) is 6.92 Å². The number of aromatic nitrogens is 6. The first-order valence-electron chi connectivity index (χ1n) is 11.5. The zero-order valence-electron chi connectivity index (χ0n) is 20.2. The summed E-state index contributed by atoms with van der Waals surface area (Å²) >= 11 is 1.71. The van der Waals surface area contributed by atoms with Crippen molar-refractivity contribution in [1.29, 1.82) is 0 Å². The normalized spacial score (nSPS) is 12.7. The van der Waals surface area contributed by atoms with E-state index in [9.17, 15) is 0 Å². The maximum Gasteiger partial charge on any atom is 0.161 e. The third kappa shape index (κ3) is 4.40. The molecule has 0 aliphatic rings. The molecule has 5 aromatic heterocycles. The second kappa shape index (κ2) is 9.31. The van der Waals surface area contributed by atoms with Gasteiger partial charge in [0.25, 0.3) is 0 Å². The first kappa shape index (κ1) is 22.7. The number of hydrogen-bond donors (Lipinski definition) is 3. The molecule has 0 bridgehead atoms. The third-order valence-corrected chi connectivity index (χ3v) is 6.61. The summed E-state index contributed by atoms with van der Waals surface area (Å²) in [5, 5.41) is 11.0. The zero-order chi connectivity index (χ0) is 24.5. The Balaban J connectivity index is 1.59. The summed E-state index contributed by atoms with van der Waals surface area (Å²) in [5.41, 5.74) is 7.67. The number of nitrogens with zero attached hydrogens (tertiary/aromatic N) is 4. The SMILES string of the molecule is C=C/C(=C\C(=C/C)c1ccc2[nH]nc(-c3nc4c(-c5ccc(C)s5)nccc4[nH]3)c2n1)NC(C)C. The summed E-state index contributed by atoms with van der Waals surface area (Å²) in [5.74, 6) is 0.657. The Labute approximate surface area is 207 Å². The molecular weight excluding hydrogens is 454 g/mol. The van der Waals surface area contributed by atoms with Gasteiger partial charge < -0.3 is 10.3 Å². The fourth-order valence-electron chi connectivity index (χ4n) is 3.98. The molecule has 35 heavy (non-hydrogen) atoms. The average Bonchev–Trinajstić information content (AvgIpc) is 3.58. The highest BCUT2D eigenvalue weighted by molar-refractivity contribution is 7.15. The van der Waals surface area contributed by atoms with Gasteiger partial charge in [-0.15, -0.1) is 11.3 Å². The monoisotopic (exact) mass is 481 g/mol. The van der Waals surface area contributed by atoms with Crippen LogP contribution in [0.5, 0.6) is 0 Å². The van der Waals surface area contributed by atoms with Crippen molar-refractivity contribution in [3.8, 4) is 22.1 Å². The summed E-state index contributed by atoms with van der Waals surface area (Å²) in [6.45, 7) is 12.2. The van der Waals surface area contributed by atoms with E-state index in [-0.39, 0.29) is 0 Å². The Kier molecular flexibility index (Phi) is 6.05. The molecule has 0 radical (unpaired) electrons. The van der Waals surface area contributed by atoms with Gasteiger partial charge in [0.05, 0.1) is 21.6 Å². The molecule has 5 rings (SSSR count). The summed E-state index contributed by atoms with van der Waals surface area (Å²) in [4.78, 5) is 20.2. The lowest BCUT2D eigenvalue weighted by Crippen LogP contribution is -2.20. The molecule has 0 aliphatic heterocycles. The lowest BCUT2D eigenvalue weighted by atomic mass is 10.1. The molecule has 3 N–H and O–H groups in total. The lowest BCUT2D eigenvalue weighted by molar-refractivity contribution is 0.682. The summed E-state index contributed by atoms with van der Waals surface area (Å²) in [6.07, 6.45) is 7.73. The number of allylic oxidation sites excluding steroid dienone is 4. The van der Waals surface area contributed by atoms with Crippen LogP contribution < -0.4 is 5.32 Å². The van der Waals surface area contributed by atoms with Crippen LogP contribution >= 0.6 is 11.3 Å². The van der Waals surface area contributed by atoms with Crippen LogP contribution in [0.3, 0.4) is 0 Å². The maximum atomic E-state index is 4.96. The second-order valence-electron chi connectivity index (χ2n) is 8.56. The van der Waals surface area contributed by atoms with E-state index in [2.05, 4.69) is 71.0 Å². The van der Waals surface area contributed by atoms with E-state index in [1.807, 2.05) is 37.3 Å². The van der Waals surface area contributed by atoms with E-state index < -0.39 is 0 Å². The third-order valence-electron chi connectivity index (χ3n) is 5.60. The van der Waals surface area contributed by atoms with Gasteiger partial charge in [-0.05, 0) is 75.8 Å². The van der Waals surface area contributed by atoms with Gasteiger partial charge in [0, 0.05) is 22.8 Å². The second-order valence-corrected chi connectivity index (χ2v) is 9.85. The molecule has 176 valence electrons. The van der Waals surface area contributed by atoms with Crippen LogP contribution in [-0.4, -0.2) is 36.2 Å². The van der Waals surface area contributed by atoms with Crippen LogP contribution in [0.15, 0.2) is 67.0 Å². The lowest BCUT2D eigenvalue weighted by Gasteiger charge is -2.12. The zero-order valence-corrected chi connectivity index (χ0v) is 21.0. The minimum atomic E-state index is 0.304. The van der Waals surface area contributed by atoms with Gasteiger partial charge in [-0.2, -0.15) is 5.10 Å². The van der Waals surface area contributed by atoms with Crippen molar-refractivity contribution < 1.29 is 0 Å². The number of pyridine rings is 2. The van der Waals surface area contributed by atoms with Gasteiger partial charge in [0.2, 0.25) is 0 Å². The number of imidazole rings is 1. The Morgan fingerprint density at radius 3 is 2.60 bits per heavy atom. The number of nitrogens with one attached hydrogen (secondary N) is 3. The number of thiophene rings is 1. The highest BCUT2D eigenvalue weighted by Crippen LogP contribution is 2.33. The average molecular weight is 482 g/mol. The molecule has 0 saturated carbocycles. The Bertz CT molecular complexity index is 1600. The smallest absolute Gasteiger partial charge is 0.161 e. The van der Waals surface area contributed by atoms with Crippen LogP contribution in [0.1, 0.15) is 31.3 Å². The molecule has 7 nitrogen and oxygen atoms in total. The van der Waals surface area contributed by atoms with E-state index in [1.165, 1.54) is 4.88 Å². The Morgan fingerprint density at radius 1 is 1.06 bits per heavy atom. The van der Waals surface area contributed by atoms with Gasteiger partial charge in [-0.3, -0.25) is 10.1 Å². The Hall–Kier alpha value is -4.04. The van der Waals surface area contributed by atoms with E-state index in [0.717, 1.165) is 49.6 Å². The molecular formula is C27H27N7S. The number of aromatic amines is 2. The van der Waals surface area contributed by atoms with Crippen molar-refractivity contribution in [2.75, 3.05) is 0 Å². The highest BCUT2D eigenvalue weighted by Gasteiger charge is 2.18. The number of hydrogen-bond acceptors (Lipinski definition) is 6. The van der Waals surface area contributed by atoms with E-state index in [1.54, 1.807) is 17.5 Å². The number of rotatable bonds is 7. The van der Waals surface area contributed by atoms with Crippen molar-refractivity contribution in [2.45, 2.75) is 33.7 Å². The summed E-state index contributed by atoms with van der Waals surface area (Å²) < 4.78 is 0. The van der Waals surface area contributed by atoms with E-state index in [0.29, 0.717) is 17.6 Å². The van der Waals surface area contributed by atoms with Gasteiger partial charge in [-0.1, -0.05) is 12.7 Å².